The van der Waals surface area contributed by atoms with Crippen molar-refractivity contribution in [1.82, 2.24) is 0 Å². The number of hydrogen-bond donors (Lipinski definition) is 0. The summed E-state index contributed by atoms with van der Waals surface area (Å²) in [5.74, 6) is -1.07. The highest BCUT2D eigenvalue weighted by Crippen LogP contribution is 2.30. The number of esters is 1. The van der Waals surface area contributed by atoms with Gasteiger partial charge in [-0.05, 0) is 44.0 Å². The highest BCUT2D eigenvalue weighted by atomic mass is 16.6. The lowest BCUT2D eigenvalue weighted by Crippen LogP contribution is -2.39. The second-order valence-electron chi connectivity index (χ2n) is 6.29. The zero-order chi connectivity index (χ0) is 20.3. The summed E-state index contributed by atoms with van der Waals surface area (Å²) in [7, 11) is 0. The highest BCUT2D eigenvalue weighted by molar-refractivity contribution is 6.00. The highest BCUT2D eigenvalue weighted by Gasteiger charge is 2.30. The van der Waals surface area contributed by atoms with Gasteiger partial charge in [0.05, 0.1) is 17.1 Å². The summed E-state index contributed by atoms with van der Waals surface area (Å²) in [6, 6.07) is 11.4. The molecule has 8 nitrogen and oxygen atoms in total. The van der Waals surface area contributed by atoms with Gasteiger partial charge < -0.3 is 14.4 Å². The number of nitro groups is 1. The Morgan fingerprint density at radius 1 is 1.25 bits per heavy atom. The number of benzene rings is 2. The van der Waals surface area contributed by atoms with E-state index in [9.17, 15) is 19.7 Å². The number of carbonyl (C=O) groups is 2. The molecule has 0 aliphatic carbocycles. The van der Waals surface area contributed by atoms with E-state index in [1.54, 1.807) is 11.8 Å². The van der Waals surface area contributed by atoms with Crippen LogP contribution in [0.4, 0.5) is 11.4 Å². The number of nitro benzene ring substituents is 1. The molecule has 1 aliphatic rings. The predicted molar refractivity (Wildman–Crippen MR) is 102 cm³/mol. The zero-order valence-electron chi connectivity index (χ0n) is 15.6. The molecule has 0 N–H and O–H groups in total. The lowest BCUT2D eigenvalue weighted by Gasteiger charge is -2.21. The number of anilines is 1. The van der Waals surface area contributed by atoms with Crippen molar-refractivity contribution in [2.45, 2.75) is 26.4 Å². The van der Waals surface area contributed by atoms with E-state index in [2.05, 4.69) is 0 Å². The van der Waals surface area contributed by atoms with Crippen LogP contribution in [0.2, 0.25) is 0 Å². The molecule has 2 aromatic carbocycles. The normalized spacial score (nSPS) is 13.6. The van der Waals surface area contributed by atoms with Crippen molar-refractivity contribution in [3.63, 3.8) is 0 Å². The number of carbonyl (C=O) groups excluding carboxylic acids is 2. The summed E-state index contributed by atoms with van der Waals surface area (Å²) < 4.78 is 10.5. The summed E-state index contributed by atoms with van der Waals surface area (Å²) in [5.41, 5.74) is 1.53. The van der Waals surface area contributed by atoms with Crippen LogP contribution in [-0.2, 0) is 16.0 Å². The Bertz CT molecular complexity index is 927. The Hall–Kier alpha value is -3.42. The SMILES string of the molecule is CCOc1ccc(C(=O)O[C@H](C)C(=O)N2CCc3ccccc32)cc1[N+](=O)[O-]. The molecule has 1 aliphatic heterocycles. The molecule has 0 bridgehead atoms. The molecule has 0 saturated carbocycles. The number of para-hydroxylation sites is 1. The number of ether oxygens (including phenoxy) is 2. The standard InChI is InChI=1S/C20H20N2O6/c1-3-27-18-9-8-15(12-17(18)22(25)26)20(24)28-13(2)19(23)21-11-10-14-6-4-5-7-16(14)21/h4-9,12-13H,3,10-11H2,1-2H3/t13-/m1/s1. The second kappa shape index (κ2) is 8.08. The van der Waals surface area contributed by atoms with Crippen molar-refractivity contribution < 1.29 is 24.0 Å². The third kappa shape index (κ3) is 3.80. The largest absolute Gasteiger partial charge is 0.487 e. The molecule has 3 rings (SSSR count). The Morgan fingerprint density at radius 3 is 2.71 bits per heavy atom. The van der Waals surface area contributed by atoms with E-state index < -0.39 is 17.0 Å². The fourth-order valence-electron chi connectivity index (χ4n) is 3.13. The first-order valence-corrected chi connectivity index (χ1v) is 8.94. The van der Waals surface area contributed by atoms with Crippen molar-refractivity contribution in [2.75, 3.05) is 18.1 Å². The van der Waals surface area contributed by atoms with Crippen LogP contribution in [0.25, 0.3) is 0 Å². The van der Waals surface area contributed by atoms with Gasteiger partial charge in [-0.3, -0.25) is 14.9 Å². The lowest BCUT2D eigenvalue weighted by molar-refractivity contribution is -0.385. The summed E-state index contributed by atoms with van der Waals surface area (Å²) in [6.45, 7) is 3.97. The van der Waals surface area contributed by atoms with Gasteiger partial charge in [0.2, 0.25) is 0 Å². The van der Waals surface area contributed by atoms with Crippen molar-refractivity contribution >= 4 is 23.3 Å². The molecule has 0 aromatic heterocycles. The maximum atomic E-state index is 12.7. The van der Waals surface area contributed by atoms with E-state index in [-0.39, 0.29) is 29.5 Å². The van der Waals surface area contributed by atoms with E-state index in [4.69, 9.17) is 9.47 Å². The maximum absolute atomic E-state index is 12.7. The number of nitrogens with zero attached hydrogens (tertiary/aromatic N) is 2. The van der Waals surface area contributed by atoms with Crippen LogP contribution >= 0.6 is 0 Å². The van der Waals surface area contributed by atoms with E-state index in [0.717, 1.165) is 23.7 Å². The minimum atomic E-state index is -1.02. The molecule has 0 saturated heterocycles. The fraction of sp³-hybridized carbons (Fsp3) is 0.300. The first kappa shape index (κ1) is 19.3. The molecular formula is C20H20N2O6. The average Bonchev–Trinajstić information content (AvgIpc) is 3.11. The van der Waals surface area contributed by atoms with E-state index in [1.807, 2.05) is 24.3 Å². The molecule has 28 heavy (non-hydrogen) atoms. The predicted octanol–water partition coefficient (Wildman–Crippen LogP) is 3.13. The second-order valence-corrected chi connectivity index (χ2v) is 6.29. The van der Waals surface area contributed by atoms with Gasteiger partial charge in [-0.25, -0.2) is 4.79 Å². The van der Waals surface area contributed by atoms with Crippen LogP contribution in [0.15, 0.2) is 42.5 Å². The molecule has 8 heteroatoms. The molecule has 0 fully saturated rings. The minimum absolute atomic E-state index is 0.0170. The van der Waals surface area contributed by atoms with Crippen LogP contribution in [0.5, 0.6) is 5.75 Å². The Balaban J connectivity index is 1.73. The summed E-state index contributed by atoms with van der Waals surface area (Å²) in [4.78, 5) is 37.3. The van der Waals surface area contributed by atoms with Crippen LogP contribution in [0, 0.1) is 10.1 Å². The molecule has 1 heterocycles. The van der Waals surface area contributed by atoms with Crippen molar-refractivity contribution in [1.29, 1.82) is 0 Å². The Kier molecular flexibility index (Phi) is 5.58. The van der Waals surface area contributed by atoms with Crippen LogP contribution in [0.3, 0.4) is 0 Å². The maximum Gasteiger partial charge on any atom is 0.339 e. The first-order valence-electron chi connectivity index (χ1n) is 8.94. The van der Waals surface area contributed by atoms with Gasteiger partial charge in [0, 0.05) is 18.3 Å². The van der Waals surface area contributed by atoms with Gasteiger partial charge in [-0.1, -0.05) is 18.2 Å². The summed E-state index contributed by atoms with van der Waals surface area (Å²) in [6.07, 6.45) is -0.280. The summed E-state index contributed by atoms with van der Waals surface area (Å²) >= 11 is 0. The fourth-order valence-corrected chi connectivity index (χ4v) is 3.13. The van der Waals surface area contributed by atoms with E-state index in [1.165, 1.54) is 19.1 Å². The third-order valence-electron chi connectivity index (χ3n) is 4.48. The lowest BCUT2D eigenvalue weighted by atomic mass is 10.2. The number of hydrogen-bond acceptors (Lipinski definition) is 6. The third-order valence-corrected chi connectivity index (χ3v) is 4.48. The molecule has 0 radical (unpaired) electrons. The van der Waals surface area contributed by atoms with Gasteiger partial charge in [0.25, 0.3) is 5.91 Å². The average molecular weight is 384 g/mol. The quantitative estimate of drug-likeness (QED) is 0.431. The molecule has 0 unspecified atom stereocenters. The van der Waals surface area contributed by atoms with Gasteiger partial charge in [-0.2, -0.15) is 0 Å². The van der Waals surface area contributed by atoms with Crippen LogP contribution < -0.4 is 9.64 Å². The van der Waals surface area contributed by atoms with Gasteiger partial charge in [-0.15, -0.1) is 0 Å². The number of fused-ring (bicyclic) bond motifs is 1. The molecule has 2 aromatic rings. The molecule has 1 amide bonds. The van der Waals surface area contributed by atoms with Gasteiger partial charge >= 0.3 is 11.7 Å². The number of rotatable bonds is 6. The Morgan fingerprint density at radius 2 is 2.00 bits per heavy atom. The van der Waals surface area contributed by atoms with Crippen LogP contribution in [-0.4, -0.2) is 36.1 Å². The Labute approximate surface area is 161 Å². The zero-order valence-corrected chi connectivity index (χ0v) is 15.6. The van der Waals surface area contributed by atoms with Crippen LogP contribution in [0.1, 0.15) is 29.8 Å². The molecule has 0 spiro atoms. The first-order chi connectivity index (χ1) is 13.4. The smallest absolute Gasteiger partial charge is 0.339 e. The van der Waals surface area contributed by atoms with Crippen molar-refractivity contribution in [3.8, 4) is 5.75 Å². The van der Waals surface area contributed by atoms with Crippen molar-refractivity contribution in [2.24, 2.45) is 0 Å². The van der Waals surface area contributed by atoms with E-state index >= 15 is 0 Å². The van der Waals surface area contributed by atoms with Crippen molar-refractivity contribution in [3.05, 3.63) is 63.7 Å². The van der Waals surface area contributed by atoms with Gasteiger partial charge in [0.1, 0.15) is 0 Å². The monoisotopic (exact) mass is 384 g/mol. The number of amides is 1. The topological polar surface area (TPSA) is 99.0 Å². The van der Waals surface area contributed by atoms with Gasteiger partial charge in [0.15, 0.2) is 11.9 Å². The molecule has 1 atom stereocenters. The molecular weight excluding hydrogens is 364 g/mol. The molecule has 146 valence electrons. The van der Waals surface area contributed by atoms with E-state index in [0.29, 0.717) is 6.54 Å². The minimum Gasteiger partial charge on any atom is -0.487 e. The summed E-state index contributed by atoms with van der Waals surface area (Å²) in [5, 5.41) is 11.2.